The largest absolute Gasteiger partial charge is 0.487 e. The van der Waals surface area contributed by atoms with Crippen molar-refractivity contribution >= 4 is 23.3 Å². The van der Waals surface area contributed by atoms with Crippen molar-refractivity contribution < 1.29 is 19.7 Å². The third kappa shape index (κ3) is 4.06. The normalized spacial score (nSPS) is 13.8. The Morgan fingerprint density at radius 2 is 1.72 bits per heavy atom. The molecular formula is C23H20ClNO4. The smallest absolute Gasteiger partial charge is 0.336 e. The lowest BCUT2D eigenvalue weighted by Gasteiger charge is -2.41. The fourth-order valence-corrected chi connectivity index (χ4v) is 3.60. The molecule has 1 saturated heterocycles. The van der Waals surface area contributed by atoms with Gasteiger partial charge in [-0.1, -0.05) is 41.9 Å². The molecule has 1 aliphatic heterocycles. The number of carboxylic acids is 1. The molecule has 1 heterocycles. The third-order valence-corrected chi connectivity index (χ3v) is 5.26. The number of rotatable bonds is 6. The summed E-state index contributed by atoms with van der Waals surface area (Å²) in [6.07, 6.45) is 0.0153. The summed E-state index contributed by atoms with van der Waals surface area (Å²) in [5.74, 6) is -0.210. The molecule has 0 bridgehead atoms. The molecule has 1 aliphatic rings. The highest BCUT2D eigenvalue weighted by molar-refractivity contribution is 6.30. The number of aromatic carboxylic acids is 1. The second-order valence-corrected chi connectivity index (χ2v) is 7.40. The number of aliphatic hydroxyl groups is 1. The van der Waals surface area contributed by atoms with Gasteiger partial charge in [0.1, 0.15) is 11.9 Å². The highest BCUT2D eigenvalue weighted by atomic mass is 35.5. The highest BCUT2D eigenvalue weighted by Crippen LogP contribution is 2.37. The number of hydrogen-bond donors (Lipinski definition) is 2. The van der Waals surface area contributed by atoms with Crippen LogP contribution in [0.3, 0.4) is 0 Å². The van der Waals surface area contributed by atoms with Crippen molar-refractivity contribution in [3.05, 3.63) is 82.9 Å². The zero-order valence-electron chi connectivity index (χ0n) is 15.6. The molecular weight excluding hydrogens is 390 g/mol. The van der Waals surface area contributed by atoms with E-state index in [0.29, 0.717) is 23.7 Å². The third-order valence-electron chi connectivity index (χ3n) is 5.00. The zero-order valence-corrected chi connectivity index (χ0v) is 16.3. The number of aliphatic hydroxyl groups excluding tert-OH is 1. The van der Waals surface area contributed by atoms with Crippen LogP contribution < -0.4 is 9.64 Å². The van der Waals surface area contributed by atoms with E-state index in [2.05, 4.69) is 4.90 Å². The number of benzene rings is 3. The Bertz CT molecular complexity index is 1010. The summed E-state index contributed by atoms with van der Waals surface area (Å²) in [5, 5.41) is 19.4. The minimum Gasteiger partial charge on any atom is -0.487 e. The molecule has 0 amide bonds. The van der Waals surface area contributed by atoms with Crippen molar-refractivity contribution in [2.75, 3.05) is 18.0 Å². The monoisotopic (exact) mass is 409 g/mol. The number of halogens is 1. The summed E-state index contributed by atoms with van der Waals surface area (Å²) in [7, 11) is 0. The Labute approximate surface area is 173 Å². The average Bonchev–Trinajstić information content (AvgIpc) is 2.71. The quantitative estimate of drug-likeness (QED) is 0.628. The van der Waals surface area contributed by atoms with Crippen LogP contribution >= 0.6 is 11.6 Å². The van der Waals surface area contributed by atoms with Gasteiger partial charge in [0.15, 0.2) is 0 Å². The fourth-order valence-electron chi connectivity index (χ4n) is 3.48. The van der Waals surface area contributed by atoms with Crippen molar-refractivity contribution in [3.63, 3.8) is 0 Å². The lowest BCUT2D eigenvalue weighted by atomic mass is 9.95. The van der Waals surface area contributed by atoms with Gasteiger partial charge in [-0.25, -0.2) is 4.79 Å². The summed E-state index contributed by atoms with van der Waals surface area (Å²) >= 11 is 6.00. The minimum atomic E-state index is -0.964. The SMILES string of the molecule is O=C(O)c1cccc(N2CC(Oc3ccc(CO)cc3)C2)c1-c1ccc(Cl)cc1. The van der Waals surface area contributed by atoms with E-state index in [1.165, 1.54) is 0 Å². The molecule has 3 aromatic rings. The molecule has 2 N–H and O–H groups in total. The molecule has 148 valence electrons. The van der Waals surface area contributed by atoms with Crippen LogP contribution in [-0.4, -0.2) is 35.4 Å². The minimum absolute atomic E-state index is 0.00484. The molecule has 0 radical (unpaired) electrons. The lowest BCUT2D eigenvalue weighted by molar-refractivity contribution is 0.0697. The van der Waals surface area contributed by atoms with Gasteiger partial charge in [-0.05, 0) is 47.5 Å². The van der Waals surface area contributed by atoms with E-state index in [-0.39, 0.29) is 18.3 Å². The summed E-state index contributed by atoms with van der Waals surface area (Å²) in [5.41, 5.74) is 3.45. The summed E-state index contributed by atoms with van der Waals surface area (Å²) in [4.78, 5) is 13.9. The first-order chi connectivity index (χ1) is 14.0. The number of hydrogen-bond acceptors (Lipinski definition) is 4. The van der Waals surface area contributed by atoms with Gasteiger partial charge in [0.2, 0.25) is 0 Å². The first kappa shape index (κ1) is 19.3. The van der Waals surface area contributed by atoms with E-state index < -0.39 is 5.97 Å². The molecule has 6 heteroatoms. The second kappa shape index (κ2) is 8.15. The predicted molar refractivity (Wildman–Crippen MR) is 113 cm³/mol. The fraction of sp³-hybridized carbons (Fsp3) is 0.174. The highest BCUT2D eigenvalue weighted by Gasteiger charge is 2.31. The van der Waals surface area contributed by atoms with E-state index in [4.69, 9.17) is 21.4 Å². The van der Waals surface area contributed by atoms with Gasteiger partial charge in [0.25, 0.3) is 0 Å². The van der Waals surface area contributed by atoms with E-state index >= 15 is 0 Å². The number of ether oxygens (including phenoxy) is 1. The Balaban J connectivity index is 1.55. The summed E-state index contributed by atoms with van der Waals surface area (Å²) < 4.78 is 5.98. The van der Waals surface area contributed by atoms with Gasteiger partial charge < -0.3 is 19.8 Å². The predicted octanol–water partition coefficient (Wildman–Crippen LogP) is 4.47. The van der Waals surface area contributed by atoms with Crippen molar-refractivity contribution in [1.29, 1.82) is 0 Å². The van der Waals surface area contributed by atoms with E-state index in [1.807, 2.05) is 42.5 Å². The number of anilines is 1. The Hall–Kier alpha value is -3.02. The average molecular weight is 410 g/mol. The van der Waals surface area contributed by atoms with Crippen LogP contribution in [0.5, 0.6) is 5.75 Å². The van der Waals surface area contributed by atoms with E-state index in [9.17, 15) is 9.90 Å². The molecule has 5 nitrogen and oxygen atoms in total. The van der Waals surface area contributed by atoms with Crippen LogP contribution in [-0.2, 0) is 6.61 Å². The Kier molecular flexibility index (Phi) is 5.43. The van der Waals surface area contributed by atoms with Gasteiger partial charge in [-0.15, -0.1) is 0 Å². The van der Waals surface area contributed by atoms with Crippen molar-refractivity contribution in [1.82, 2.24) is 0 Å². The van der Waals surface area contributed by atoms with Crippen molar-refractivity contribution in [2.24, 2.45) is 0 Å². The molecule has 0 aliphatic carbocycles. The number of carboxylic acid groups (broad SMARTS) is 1. The van der Waals surface area contributed by atoms with Crippen molar-refractivity contribution in [2.45, 2.75) is 12.7 Å². The van der Waals surface area contributed by atoms with Crippen LogP contribution in [0.1, 0.15) is 15.9 Å². The Morgan fingerprint density at radius 1 is 1.03 bits per heavy atom. The van der Waals surface area contributed by atoms with Gasteiger partial charge in [-0.3, -0.25) is 0 Å². The number of carbonyl (C=O) groups is 1. The maximum atomic E-state index is 11.8. The van der Waals surface area contributed by atoms with Crippen LogP contribution in [0.4, 0.5) is 5.69 Å². The van der Waals surface area contributed by atoms with Crippen LogP contribution in [0.2, 0.25) is 5.02 Å². The summed E-state index contributed by atoms with van der Waals surface area (Å²) in [6.45, 7) is 1.32. The molecule has 0 aromatic heterocycles. The first-order valence-electron chi connectivity index (χ1n) is 9.29. The molecule has 0 atom stereocenters. The lowest BCUT2D eigenvalue weighted by Crippen LogP contribution is -2.54. The molecule has 4 rings (SSSR count). The topological polar surface area (TPSA) is 70.0 Å². The van der Waals surface area contributed by atoms with Crippen LogP contribution in [0.25, 0.3) is 11.1 Å². The molecule has 0 spiro atoms. The molecule has 0 saturated carbocycles. The molecule has 29 heavy (non-hydrogen) atoms. The molecule has 0 unspecified atom stereocenters. The standard InChI is InChI=1S/C23H20ClNO4/c24-17-8-6-16(7-9-17)22-20(23(27)28)2-1-3-21(22)25-12-19(13-25)29-18-10-4-15(14-26)5-11-18/h1-11,19,26H,12-14H2,(H,27,28). The van der Waals surface area contributed by atoms with Gasteiger partial charge in [0.05, 0.1) is 25.3 Å². The molecule has 3 aromatic carbocycles. The van der Waals surface area contributed by atoms with Gasteiger partial charge in [0, 0.05) is 16.3 Å². The van der Waals surface area contributed by atoms with E-state index in [0.717, 1.165) is 22.6 Å². The van der Waals surface area contributed by atoms with Crippen LogP contribution in [0.15, 0.2) is 66.7 Å². The van der Waals surface area contributed by atoms with Crippen LogP contribution in [0, 0.1) is 0 Å². The zero-order chi connectivity index (χ0) is 20.4. The molecule has 1 fully saturated rings. The van der Waals surface area contributed by atoms with Crippen molar-refractivity contribution in [3.8, 4) is 16.9 Å². The van der Waals surface area contributed by atoms with Gasteiger partial charge in [-0.2, -0.15) is 0 Å². The van der Waals surface area contributed by atoms with E-state index in [1.54, 1.807) is 24.3 Å². The summed E-state index contributed by atoms with van der Waals surface area (Å²) in [6, 6.07) is 19.9. The number of nitrogens with zero attached hydrogens (tertiary/aromatic N) is 1. The maximum absolute atomic E-state index is 11.8. The maximum Gasteiger partial charge on any atom is 0.336 e. The second-order valence-electron chi connectivity index (χ2n) is 6.96. The van der Waals surface area contributed by atoms with Gasteiger partial charge >= 0.3 is 5.97 Å². The Morgan fingerprint density at radius 3 is 2.34 bits per heavy atom. The first-order valence-corrected chi connectivity index (χ1v) is 9.66.